The van der Waals surface area contributed by atoms with Gasteiger partial charge in [-0.05, 0) is 34.1 Å². The molecule has 1 radical (unpaired) electrons. The zero-order valence-corrected chi connectivity index (χ0v) is 21.2. The van der Waals surface area contributed by atoms with Gasteiger partial charge < -0.3 is 20.0 Å². The molecule has 0 bridgehead atoms. The summed E-state index contributed by atoms with van der Waals surface area (Å²) in [6.07, 6.45) is 6.18. The molecule has 1 aromatic carbocycles. The van der Waals surface area contributed by atoms with Crippen molar-refractivity contribution in [2.45, 2.75) is 67.5 Å². The number of nitrogens with zero attached hydrogens (tertiary/aromatic N) is 2. The van der Waals surface area contributed by atoms with E-state index in [4.69, 9.17) is 6.57 Å². The summed E-state index contributed by atoms with van der Waals surface area (Å²) in [7, 11) is 0. The first-order chi connectivity index (χ1) is 13.6. The largest absolute Gasteiger partial charge is 0.437 e. The summed E-state index contributed by atoms with van der Waals surface area (Å²) in [6.45, 7) is 9.68. The maximum Gasteiger partial charge on any atom is 0.229 e. The van der Waals surface area contributed by atoms with E-state index < -0.39 is 12.2 Å². The Morgan fingerprint density at radius 3 is 2.76 bits per heavy atom. The molecule has 29 heavy (non-hydrogen) atoms. The molecule has 1 aromatic heterocycles. The molecule has 0 aliphatic heterocycles. The monoisotopic (exact) mass is 504 g/mol. The maximum absolute atomic E-state index is 10.7. The number of aliphatic hydroxyl groups excluding tert-OH is 2. The van der Waals surface area contributed by atoms with Crippen LogP contribution in [0.3, 0.4) is 0 Å². The van der Waals surface area contributed by atoms with Crippen LogP contribution in [0.25, 0.3) is 4.85 Å². The first kappa shape index (κ1) is 25.0. The Balaban J connectivity index is 0.00000300. The third-order valence-corrected chi connectivity index (χ3v) is 7.54. The van der Waals surface area contributed by atoms with E-state index in [0.717, 1.165) is 46.9 Å². The first-order valence-electron chi connectivity index (χ1n) is 9.91. The number of thioether (sulfide) groups is 1. The van der Waals surface area contributed by atoms with Crippen LogP contribution < -0.4 is 0 Å². The molecule has 2 N–H and O–H groups in total. The third kappa shape index (κ3) is 6.59. The Bertz CT molecular complexity index is 764. The number of rotatable bonds is 9. The van der Waals surface area contributed by atoms with E-state index in [2.05, 4.69) is 22.9 Å². The van der Waals surface area contributed by atoms with E-state index in [-0.39, 0.29) is 50.6 Å². The Labute approximate surface area is 207 Å². The van der Waals surface area contributed by atoms with Crippen molar-refractivity contribution in [2.75, 3.05) is 5.75 Å². The summed E-state index contributed by atoms with van der Waals surface area (Å²) >= 11 is 3.28. The number of aliphatic hydroxyl groups is 2. The third-order valence-electron chi connectivity index (χ3n) is 5.60. The van der Waals surface area contributed by atoms with E-state index in [1.165, 1.54) is 0 Å². The normalized spacial score (nSPS) is 24.6. The second-order valence-corrected chi connectivity index (χ2v) is 9.59. The van der Waals surface area contributed by atoms with E-state index in [1.807, 2.05) is 29.6 Å². The van der Waals surface area contributed by atoms with Crippen molar-refractivity contribution in [1.82, 2.24) is 4.98 Å². The smallest absolute Gasteiger partial charge is 0.229 e. The van der Waals surface area contributed by atoms with Crippen molar-refractivity contribution in [1.29, 1.82) is 0 Å². The van der Waals surface area contributed by atoms with Gasteiger partial charge in [-0.25, -0.2) is 17.9 Å². The molecule has 3 rings (SSSR count). The Morgan fingerprint density at radius 2 is 2.14 bits per heavy atom. The molecule has 1 fully saturated rings. The van der Waals surface area contributed by atoms with Crippen LogP contribution in [0.2, 0.25) is 0 Å². The van der Waals surface area contributed by atoms with Gasteiger partial charge in [0.2, 0.25) is 6.04 Å². The van der Waals surface area contributed by atoms with Crippen LogP contribution in [0.1, 0.15) is 62.2 Å². The molecule has 1 aliphatic carbocycles. The Hall–Kier alpha value is -0.286. The summed E-state index contributed by atoms with van der Waals surface area (Å²) in [5.74, 6) is 0.999. The van der Waals surface area contributed by atoms with E-state index in [0.29, 0.717) is 6.42 Å². The SMILES string of the molecule is [C-]#[N+][C@@H]1C[C@@H](O)C(c2ccc(C(O)CCCC)cc2)C1CCSc1n[c-]cs1.[Y]. The molecule has 3 unspecified atom stereocenters. The zero-order valence-electron chi connectivity index (χ0n) is 16.7. The minimum absolute atomic E-state index is 0. The van der Waals surface area contributed by atoms with Crippen molar-refractivity contribution < 1.29 is 42.9 Å². The van der Waals surface area contributed by atoms with Gasteiger partial charge in [-0.1, -0.05) is 49.4 Å². The van der Waals surface area contributed by atoms with E-state index in [1.54, 1.807) is 23.1 Å². The van der Waals surface area contributed by atoms with Crippen LogP contribution in [0.15, 0.2) is 34.0 Å². The first-order valence-corrected chi connectivity index (χ1v) is 11.8. The summed E-state index contributed by atoms with van der Waals surface area (Å²) < 4.78 is 1.000. The predicted octanol–water partition coefficient (Wildman–Crippen LogP) is 5.10. The van der Waals surface area contributed by atoms with E-state index in [9.17, 15) is 10.2 Å². The van der Waals surface area contributed by atoms with E-state index >= 15 is 0 Å². The second-order valence-electron chi connectivity index (χ2n) is 7.39. The van der Waals surface area contributed by atoms with Gasteiger partial charge in [0.15, 0.2) is 0 Å². The predicted molar refractivity (Wildman–Crippen MR) is 114 cm³/mol. The van der Waals surface area contributed by atoms with Gasteiger partial charge in [0.1, 0.15) is 0 Å². The number of unbranched alkanes of at least 4 members (excludes halogenated alkanes) is 1. The van der Waals surface area contributed by atoms with Crippen LogP contribution in [0.5, 0.6) is 0 Å². The number of hydrogen-bond acceptors (Lipinski definition) is 5. The number of benzene rings is 1. The molecule has 153 valence electrons. The molecule has 0 saturated heterocycles. The minimum atomic E-state index is -0.488. The summed E-state index contributed by atoms with van der Waals surface area (Å²) in [5, 5.41) is 22.8. The number of hydrogen-bond donors (Lipinski definition) is 2. The molecule has 1 heterocycles. The van der Waals surface area contributed by atoms with Gasteiger partial charge in [0.05, 0.1) is 12.2 Å². The van der Waals surface area contributed by atoms with Crippen molar-refractivity contribution in [3.8, 4) is 0 Å². The zero-order chi connectivity index (χ0) is 19.9. The summed E-state index contributed by atoms with van der Waals surface area (Å²) in [4.78, 5) is 7.99. The fourth-order valence-corrected chi connectivity index (χ4v) is 5.78. The molecule has 1 aliphatic rings. The molecule has 1 saturated carbocycles. The van der Waals surface area contributed by atoms with Crippen LogP contribution >= 0.6 is 23.1 Å². The van der Waals surface area contributed by atoms with Crippen molar-refractivity contribution in [3.63, 3.8) is 0 Å². The van der Waals surface area contributed by atoms with Gasteiger partial charge in [-0.3, -0.25) is 0 Å². The molecule has 0 spiro atoms. The van der Waals surface area contributed by atoms with Crippen LogP contribution in [0, 0.1) is 18.7 Å². The van der Waals surface area contributed by atoms with Gasteiger partial charge in [0.25, 0.3) is 0 Å². The Kier molecular flexibility index (Phi) is 10.8. The molecule has 4 nitrogen and oxygen atoms in total. The van der Waals surface area contributed by atoms with Crippen LogP contribution in [-0.4, -0.2) is 33.1 Å². The van der Waals surface area contributed by atoms with Crippen LogP contribution in [0.4, 0.5) is 0 Å². The average Bonchev–Trinajstić information content (AvgIpc) is 3.34. The molecule has 5 atom stereocenters. The quantitative estimate of drug-likeness (QED) is 0.369. The Morgan fingerprint density at radius 1 is 1.38 bits per heavy atom. The minimum Gasteiger partial charge on any atom is -0.437 e. The van der Waals surface area contributed by atoms with Crippen LogP contribution in [-0.2, 0) is 32.7 Å². The maximum atomic E-state index is 10.7. The fraction of sp³-hybridized carbons (Fsp3) is 0.545. The molecule has 2 aromatic rings. The fourth-order valence-electron chi connectivity index (χ4n) is 4.12. The van der Waals surface area contributed by atoms with Crippen molar-refractivity contribution >= 4 is 23.1 Å². The summed E-state index contributed by atoms with van der Waals surface area (Å²) in [6, 6.07) is 7.87. The number of thiazole rings is 1. The molecule has 0 amide bonds. The standard InChI is InChI=1S/C22H27N2O2S2.Y/c1-3-4-5-19(25)15-6-8-16(9-7-15)21-17(18(23-2)14-20(21)26)10-12-27-22-24-11-13-28-22;/h6-9,13,17-21,25-26H,3-5,10,12,14H2,1H3;/q-1;/t17?,18-,19?,20-,21?;/m1./s1. The van der Waals surface area contributed by atoms with Gasteiger partial charge in [-0.15, -0.1) is 6.20 Å². The molecular weight excluding hydrogens is 477 g/mol. The van der Waals surface area contributed by atoms with Crippen molar-refractivity contribution in [3.05, 3.63) is 58.4 Å². The number of aromatic nitrogens is 1. The van der Waals surface area contributed by atoms with Gasteiger partial charge >= 0.3 is 0 Å². The molecule has 7 heteroatoms. The second kappa shape index (κ2) is 12.5. The van der Waals surface area contributed by atoms with Gasteiger partial charge in [-0.2, -0.15) is 11.8 Å². The average molecular weight is 505 g/mol. The summed E-state index contributed by atoms with van der Waals surface area (Å²) in [5.41, 5.74) is 2.00. The van der Waals surface area contributed by atoms with Crippen molar-refractivity contribution in [2.24, 2.45) is 5.92 Å². The molecular formula is C22H27N2O2S2Y-. The van der Waals surface area contributed by atoms with Gasteiger partial charge in [0, 0.05) is 51.0 Å². The topological polar surface area (TPSA) is 57.7 Å².